The number of benzene rings is 4. The number of nitrogens with one attached hydrogen (secondary N) is 1. The Bertz CT molecular complexity index is 2430. The second-order valence-corrected chi connectivity index (χ2v) is 17.1. The third-order valence-corrected chi connectivity index (χ3v) is 12.3. The molecule has 4 amide bonds. The van der Waals surface area contributed by atoms with Gasteiger partial charge in [0.15, 0.2) is 6.61 Å². The first-order chi connectivity index (χ1) is 24.9. The van der Waals surface area contributed by atoms with Crippen LogP contribution in [0.1, 0.15) is 44.9 Å². The first kappa shape index (κ1) is 38.3. The van der Waals surface area contributed by atoms with Crippen LogP contribution in [0.4, 0.5) is 0 Å². The Kier molecular flexibility index (Phi) is 10.4. The van der Waals surface area contributed by atoms with Gasteiger partial charge in [0.25, 0.3) is 36.3 Å². The molecule has 53 heavy (non-hydrogen) atoms. The predicted octanol–water partition coefficient (Wildman–Crippen LogP) is 2.38. The molecule has 0 unspecified atom stereocenters. The highest BCUT2D eigenvalue weighted by atomic mass is 32.2. The molecule has 2 saturated heterocycles. The fourth-order valence-electron chi connectivity index (χ4n) is 7.05. The van der Waals surface area contributed by atoms with Crippen molar-refractivity contribution in [1.82, 2.24) is 15.1 Å². The highest BCUT2D eigenvalue weighted by molar-refractivity contribution is 7.87. The molecule has 0 bridgehead atoms. The van der Waals surface area contributed by atoms with Gasteiger partial charge in [-0.2, -0.15) is 25.3 Å². The number of piperidine rings is 1. The van der Waals surface area contributed by atoms with Crippen LogP contribution in [-0.2, 0) is 49.5 Å². The summed E-state index contributed by atoms with van der Waals surface area (Å²) in [7, 11) is -15.2. The molecule has 2 aliphatic rings. The average molecular weight is 794 g/mol. The number of imide groups is 1. The molecule has 0 saturated carbocycles. The van der Waals surface area contributed by atoms with E-state index >= 15 is 0 Å². The van der Waals surface area contributed by atoms with Crippen LogP contribution in [0.5, 0.6) is 5.75 Å². The van der Waals surface area contributed by atoms with Crippen LogP contribution in [0.15, 0.2) is 51.1 Å². The standard InChI is InChI=1S/C33H35N3O14S3/c37-28-8-9-29(38)36(28)13-3-1-2-12-34-33(40)19-10-14-35(15-11-19)30(39)18-50-24-16-25(51(41,42)43)21-6-7-23-27(53(47,48)49)17-26(52(44,45)46)22-5-4-20(24)31(21)32(22)23/h4-7,16-17,19H,1-3,8-15,18H2,(H,34,40)(H,41,42,43)(H,44,45,46)(H,47,48,49). The van der Waals surface area contributed by atoms with E-state index in [9.17, 15) is 58.1 Å². The van der Waals surface area contributed by atoms with Crippen LogP contribution in [0.2, 0.25) is 0 Å². The van der Waals surface area contributed by atoms with E-state index in [1.165, 1.54) is 21.9 Å². The van der Waals surface area contributed by atoms with Gasteiger partial charge in [0.1, 0.15) is 20.4 Å². The van der Waals surface area contributed by atoms with Gasteiger partial charge >= 0.3 is 0 Å². The monoisotopic (exact) mass is 793 g/mol. The number of carbonyl (C=O) groups is 4. The van der Waals surface area contributed by atoms with Crippen molar-refractivity contribution in [1.29, 1.82) is 0 Å². The van der Waals surface area contributed by atoms with Gasteiger partial charge in [0.05, 0.1) is 0 Å². The van der Waals surface area contributed by atoms with Gasteiger partial charge in [-0.25, -0.2) is 0 Å². The van der Waals surface area contributed by atoms with Gasteiger partial charge in [-0.05, 0) is 44.2 Å². The fourth-order valence-corrected chi connectivity index (χ4v) is 9.26. The number of ether oxygens (including phenoxy) is 1. The highest BCUT2D eigenvalue weighted by Gasteiger charge is 2.31. The lowest BCUT2D eigenvalue weighted by Gasteiger charge is -2.31. The Labute approximate surface area is 303 Å². The summed E-state index contributed by atoms with van der Waals surface area (Å²) in [5, 5.41) is 2.12. The van der Waals surface area contributed by atoms with E-state index in [-0.39, 0.29) is 87.6 Å². The maximum atomic E-state index is 13.2. The van der Waals surface area contributed by atoms with Crippen LogP contribution < -0.4 is 10.1 Å². The summed E-state index contributed by atoms with van der Waals surface area (Å²) in [6, 6.07) is 6.36. The van der Waals surface area contributed by atoms with Crippen molar-refractivity contribution in [2.45, 2.75) is 59.6 Å². The Morgan fingerprint density at radius 2 is 1.21 bits per heavy atom. The van der Waals surface area contributed by atoms with Crippen molar-refractivity contribution in [3.63, 3.8) is 0 Å². The number of hydrogen-bond donors (Lipinski definition) is 4. The van der Waals surface area contributed by atoms with E-state index in [4.69, 9.17) is 4.74 Å². The van der Waals surface area contributed by atoms with Gasteiger partial charge in [-0.1, -0.05) is 18.2 Å². The molecule has 4 aromatic carbocycles. The summed E-state index contributed by atoms with van der Waals surface area (Å²) in [6.07, 6.45) is 3.28. The third kappa shape index (κ3) is 7.78. The molecule has 0 aromatic heterocycles. The average Bonchev–Trinajstić information content (AvgIpc) is 3.41. The highest BCUT2D eigenvalue weighted by Crippen LogP contribution is 2.45. The van der Waals surface area contributed by atoms with E-state index in [0.717, 1.165) is 24.6 Å². The Hall–Kier alpha value is -4.47. The topological polar surface area (TPSA) is 259 Å². The predicted molar refractivity (Wildman–Crippen MR) is 187 cm³/mol. The van der Waals surface area contributed by atoms with Crippen molar-refractivity contribution in [3.05, 3.63) is 36.4 Å². The zero-order valence-electron chi connectivity index (χ0n) is 28.0. The quantitative estimate of drug-likeness (QED) is 0.0656. The molecule has 4 N–H and O–H groups in total. The SMILES string of the molecule is O=C(NCCCCCN1C(=O)CCC1=O)C1CCN(C(=O)COc2cc(S(=O)(=O)O)c3ccc4c(S(=O)(=O)O)cc(S(=O)(=O)O)c5ccc2c3c54)CC1. The molecule has 0 aliphatic carbocycles. The molecule has 2 heterocycles. The van der Waals surface area contributed by atoms with Crippen LogP contribution in [-0.4, -0.2) is 105 Å². The molecule has 0 radical (unpaired) electrons. The van der Waals surface area contributed by atoms with E-state index in [1.807, 2.05) is 0 Å². The Morgan fingerprint density at radius 3 is 1.74 bits per heavy atom. The maximum absolute atomic E-state index is 13.2. The second-order valence-electron chi connectivity index (χ2n) is 13.0. The van der Waals surface area contributed by atoms with Crippen molar-refractivity contribution >= 4 is 86.3 Å². The number of likely N-dealkylation sites (tertiary alicyclic amines) is 2. The molecule has 2 aliphatic heterocycles. The van der Waals surface area contributed by atoms with Crippen molar-refractivity contribution in [2.75, 3.05) is 32.8 Å². The number of hydrogen-bond acceptors (Lipinski definition) is 11. The number of carbonyl (C=O) groups excluding carboxylic acids is 4. The largest absolute Gasteiger partial charge is 0.483 e. The van der Waals surface area contributed by atoms with Crippen molar-refractivity contribution in [3.8, 4) is 5.75 Å². The summed E-state index contributed by atoms with van der Waals surface area (Å²) in [4.78, 5) is 49.6. The maximum Gasteiger partial charge on any atom is 0.295 e. The Morgan fingerprint density at radius 1 is 0.717 bits per heavy atom. The zero-order chi connectivity index (χ0) is 38.5. The van der Waals surface area contributed by atoms with E-state index < -0.39 is 57.6 Å². The minimum atomic E-state index is -5.09. The van der Waals surface area contributed by atoms with Crippen LogP contribution in [0.3, 0.4) is 0 Å². The minimum Gasteiger partial charge on any atom is -0.483 e. The van der Waals surface area contributed by atoms with Crippen LogP contribution in [0, 0.1) is 5.92 Å². The van der Waals surface area contributed by atoms with Crippen LogP contribution in [0.25, 0.3) is 32.3 Å². The van der Waals surface area contributed by atoms with E-state index in [2.05, 4.69) is 5.32 Å². The van der Waals surface area contributed by atoms with Crippen molar-refractivity contribution in [2.24, 2.45) is 5.92 Å². The van der Waals surface area contributed by atoms with E-state index in [0.29, 0.717) is 44.8 Å². The molecule has 17 nitrogen and oxygen atoms in total. The zero-order valence-corrected chi connectivity index (χ0v) is 30.4. The Balaban J connectivity index is 1.15. The molecule has 0 atom stereocenters. The summed E-state index contributed by atoms with van der Waals surface area (Å²) in [5.74, 6) is -1.53. The normalized spacial score (nSPS) is 16.4. The second kappa shape index (κ2) is 14.4. The number of nitrogens with zero attached hydrogens (tertiary/aromatic N) is 2. The smallest absolute Gasteiger partial charge is 0.295 e. The van der Waals surface area contributed by atoms with Crippen LogP contribution >= 0.6 is 0 Å². The summed E-state index contributed by atoms with van der Waals surface area (Å²) < 4.78 is 110. The summed E-state index contributed by atoms with van der Waals surface area (Å²) in [6.45, 7) is 0.642. The fraction of sp³-hybridized carbons (Fsp3) is 0.394. The molecule has 20 heteroatoms. The van der Waals surface area contributed by atoms with E-state index in [1.54, 1.807) is 0 Å². The first-order valence-corrected chi connectivity index (χ1v) is 20.9. The molecule has 6 rings (SSSR count). The number of rotatable bonds is 13. The minimum absolute atomic E-state index is 0.0865. The third-order valence-electron chi connectivity index (χ3n) is 9.66. The lowest BCUT2D eigenvalue weighted by Crippen LogP contribution is -2.44. The van der Waals surface area contributed by atoms with Gasteiger partial charge in [0.2, 0.25) is 17.7 Å². The molecule has 0 spiro atoms. The van der Waals surface area contributed by atoms with Gasteiger partial charge in [-0.3, -0.25) is 37.7 Å². The van der Waals surface area contributed by atoms with Gasteiger partial charge in [-0.15, -0.1) is 0 Å². The molecular formula is C33H35N3O14S3. The molecule has 2 fully saturated rings. The number of unbranched alkanes of at least 4 members (excludes halogenated alkanes) is 2. The molecule has 284 valence electrons. The molecule has 4 aromatic rings. The van der Waals surface area contributed by atoms with Crippen molar-refractivity contribution < 1.29 is 62.8 Å². The summed E-state index contributed by atoms with van der Waals surface area (Å²) in [5.41, 5.74) is 0. The lowest BCUT2D eigenvalue weighted by atomic mass is 9.93. The van der Waals surface area contributed by atoms with Gasteiger partial charge in [0, 0.05) is 83.3 Å². The lowest BCUT2D eigenvalue weighted by molar-refractivity contribution is -0.138. The first-order valence-electron chi connectivity index (χ1n) is 16.6. The number of amides is 4. The molecular weight excluding hydrogens is 759 g/mol. The van der Waals surface area contributed by atoms with Gasteiger partial charge < -0.3 is 15.0 Å². The summed E-state index contributed by atoms with van der Waals surface area (Å²) >= 11 is 0.